The zero-order valence-corrected chi connectivity index (χ0v) is 11.4. The average molecular weight is 265 g/mol. The molecular formula is C13H19N3O3. The molecule has 0 aromatic carbocycles. The van der Waals surface area contributed by atoms with Gasteiger partial charge in [-0.2, -0.15) is 0 Å². The lowest BCUT2D eigenvalue weighted by atomic mass is 10.2. The molecule has 0 saturated heterocycles. The van der Waals surface area contributed by atoms with Crippen LogP contribution in [0.3, 0.4) is 0 Å². The molecule has 1 unspecified atom stereocenters. The molecule has 1 atom stereocenters. The van der Waals surface area contributed by atoms with E-state index in [1.165, 1.54) is 14.0 Å². The van der Waals surface area contributed by atoms with E-state index in [1.807, 2.05) is 30.1 Å². The number of carbonyl (C=O) groups excluding carboxylic acids is 2. The van der Waals surface area contributed by atoms with Crippen molar-refractivity contribution in [3.05, 3.63) is 30.1 Å². The number of nitrogens with one attached hydrogen (secondary N) is 1. The number of rotatable bonds is 6. The van der Waals surface area contributed by atoms with Gasteiger partial charge in [0.1, 0.15) is 6.04 Å². The molecule has 0 aliphatic rings. The van der Waals surface area contributed by atoms with Crippen LogP contribution in [0.2, 0.25) is 0 Å². The number of hydrogen-bond acceptors (Lipinski definition) is 5. The topological polar surface area (TPSA) is 71.5 Å². The summed E-state index contributed by atoms with van der Waals surface area (Å²) in [6, 6.07) is 4.98. The minimum Gasteiger partial charge on any atom is -0.467 e. The maximum atomic E-state index is 11.6. The lowest BCUT2D eigenvalue weighted by molar-refractivity contribution is -0.145. The molecule has 0 saturated carbocycles. The van der Waals surface area contributed by atoms with Crippen LogP contribution in [0, 0.1) is 0 Å². The maximum absolute atomic E-state index is 11.6. The molecule has 0 spiro atoms. The average Bonchev–Trinajstić information content (AvgIpc) is 2.37. The molecule has 0 bridgehead atoms. The van der Waals surface area contributed by atoms with Gasteiger partial charge in [-0.1, -0.05) is 6.07 Å². The smallest absolute Gasteiger partial charge is 0.329 e. The van der Waals surface area contributed by atoms with Crippen LogP contribution < -0.4 is 5.32 Å². The fourth-order valence-electron chi connectivity index (χ4n) is 1.71. The van der Waals surface area contributed by atoms with Gasteiger partial charge in [-0.3, -0.25) is 14.7 Å². The summed E-state index contributed by atoms with van der Waals surface area (Å²) in [6.07, 6.45) is 1.72. The lowest BCUT2D eigenvalue weighted by Gasteiger charge is -2.22. The Bertz CT molecular complexity index is 422. The summed E-state index contributed by atoms with van der Waals surface area (Å²) in [4.78, 5) is 28.7. The summed E-state index contributed by atoms with van der Waals surface area (Å²) >= 11 is 0. The second-order valence-electron chi connectivity index (χ2n) is 4.29. The molecule has 104 valence electrons. The van der Waals surface area contributed by atoms with Crippen molar-refractivity contribution in [2.45, 2.75) is 19.5 Å². The van der Waals surface area contributed by atoms with Crippen molar-refractivity contribution in [1.29, 1.82) is 0 Å². The predicted molar refractivity (Wildman–Crippen MR) is 70.2 cm³/mol. The normalized spacial score (nSPS) is 12.0. The van der Waals surface area contributed by atoms with E-state index in [9.17, 15) is 9.59 Å². The molecule has 1 aromatic rings. The Labute approximate surface area is 112 Å². The number of ether oxygens (including phenoxy) is 1. The lowest BCUT2D eigenvalue weighted by Crippen LogP contribution is -2.47. The summed E-state index contributed by atoms with van der Waals surface area (Å²) in [7, 11) is 3.16. The Kier molecular flexibility index (Phi) is 5.95. The Morgan fingerprint density at radius 1 is 1.47 bits per heavy atom. The molecule has 6 nitrogen and oxygen atoms in total. The van der Waals surface area contributed by atoms with Gasteiger partial charge in [0.25, 0.3) is 0 Å². The molecule has 6 heteroatoms. The van der Waals surface area contributed by atoms with E-state index in [4.69, 9.17) is 0 Å². The van der Waals surface area contributed by atoms with Crippen LogP contribution in [0.5, 0.6) is 0 Å². The zero-order chi connectivity index (χ0) is 14.3. The van der Waals surface area contributed by atoms with Crippen molar-refractivity contribution in [3.8, 4) is 0 Å². The Hall–Kier alpha value is -1.95. The van der Waals surface area contributed by atoms with Gasteiger partial charge in [0, 0.05) is 26.2 Å². The largest absolute Gasteiger partial charge is 0.467 e. The van der Waals surface area contributed by atoms with Gasteiger partial charge in [0.2, 0.25) is 5.91 Å². The number of hydrogen-bond donors (Lipinski definition) is 1. The van der Waals surface area contributed by atoms with Gasteiger partial charge in [-0.05, 0) is 19.2 Å². The third-order valence-corrected chi connectivity index (χ3v) is 2.52. The van der Waals surface area contributed by atoms with Crippen LogP contribution in [-0.2, 0) is 20.9 Å². The van der Waals surface area contributed by atoms with E-state index in [2.05, 4.69) is 15.0 Å². The molecule has 19 heavy (non-hydrogen) atoms. The van der Waals surface area contributed by atoms with E-state index < -0.39 is 12.0 Å². The van der Waals surface area contributed by atoms with Gasteiger partial charge in [0.15, 0.2) is 0 Å². The molecule has 0 fully saturated rings. The second-order valence-corrected chi connectivity index (χ2v) is 4.29. The highest BCUT2D eigenvalue weighted by Crippen LogP contribution is 2.01. The number of amides is 1. The first-order valence-electron chi connectivity index (χ1n) is 5.96. The minimum atomic E-state index is -0.670. The summed E-state index contributed by atoms with van der Waals surface area (Å²) < 4.78 is 4.67. The van der Waals surface area contributed by atoms with Crippen molar-refractivity contribution in [2.24, 2.45) is 0 Å². The van der Waals surface area contributed by atoms with Crippen molar-refractivity contribution < 1.29 is 14.3 Å². The summed E-state index contributed by atoms with van der Waals surface area (Å²) in [5.74, 6) is -0.718. The van der Waals surface area contributed by atoms with Crippen molar-refractivity contribution in [3.63, 3.8) is 0 Å². The zero-order valence-electron chi connectivity index (χ0n) is 11.4. The number of nitrogens with zero attached hydrogens (tertiary/aromatic N) is 2. The predicted octanol–water partition coefficient (Wildman–Crippen LogP) is 0.191. The molecule has 1 N–H and O–H groups in total. The fraction of sp³-hybridized carbons (Fsp3) is 0.462. The third-order valence-electron chi connectivity index (χ3n) is 2.52. The first kappa shape index (κ1) is 15.1. The first-order chi connectivity index (χ1) is 9.02. The van der Waals surface area contributed by atoms with Crippen molar-refractivity contribution >= 4 is 11.9 Å². The summed E-state index contributed by atoms with van der Waals surface area (Å²) in [5.41, 5.74) is 0.899. The fourth-order valence-corrected chi connectivity index (χ4v) is 1.71. The molecule has 1 amide bonds. The maximum Gasteiger partial charge on any atom is 0.329 e. The van der Waals surface area contributed by atoms with Crippen molar-refractivity contribution in [2.75, 3.05) is 20.7 Å². The molecule has 1 rings (SSSR count). The van der Waals surface area contributed by atoms with Crippen LogP contribution in [-0.4, -0.2) is 48.5 Å². The van der Waals surface area contributed by atoms with Gasteiger partial charge in [-0.25, -0.2) is 4.79 Å². The SMILES string of the molecule is COC(=O)C(CN(C)Cc1ccccn1)NC(C)=O. The van der Waals surface area contributed by atoms with Crippen LogP contribution in [0.4, 0.5) is 0 Å². The molecule has 0 radical (unpaired) electrons. The highest BCUT2D eigenvalue weighted by molar-refractivity contribution is 5.83. The Morgan fingerprint density at radius 2 is 2.21 bits per heavy atom. The number of carbonyl (C=O) groups is 2. The number of esters is 1. The van der Waals surface area contributed by atoms with E-state index in [1.54, 1.807) is 6.20 Å². The number of methoxy groups -OCH3 is 1. The molecule has 0 aliphatic carbocycles. The Balaban J connectivity index is 2.58. The quantitative estimate of drug-likeness (QED) is 0.743. The summed E-state index contributed by atoms with van der Waals surface area (Å²) in [5, 5.41) is 2.57. The van der Waals surface area contributed by atoms with E-state index in [-0.39, 0.29) is 5.91 Å². The number of likely N-dealkylation sites (N-methyl/N-ethyl adjacent to an activating group) is 1. The van der Waals surface area contributed by atoms with Crippen LogP contribution in [0.15, 0.2) is 24.4 Å². The molecule has 1 aromatic heterocycles. The van der Waals surface area contributed by atoms with Gasteiger partial charge >= 0.3 is 5.97 Å². The van der Waals surface area contributed by atoms with Crippen LogP contribution >= 0.6 is 0 Å². The van der Waals surface area contributed by atoms with Crippen molar-refractivity contribution in [1.82, 2.24) is 15.2 Å². The van der Waals surface area contributed by atoms with Gasteiger partial charge < -0.3 is 10.1 Å². The monoisotopic (exact) mass is 265 g/mol. The molecule has 1 heterocycles. The van der Waals surface area contributed by atoms with Crippen LogP contribution in [0.1, 0.15) is 12.6 Å². The van der Waals surface area contributed by atoms with E-state index >= 15 is 0 Å². The number of aromatic nitrogens is 1. The minimum absolute atomic E-state index is 0.262. The first-order valence-corrected chi connectivity index (χ1v) is 5.96. The second kappa shape index (κ2) is 7.48. The summed E-state index contributed by atoms with van der Waals surface area (Å²) in [6.45, 7) is 2.32. The van der Waals surface area contributed by atoms with Gasteiger partial charge in [-0.15, -0.1) is 0 Å². The molecule has 0 aliphatic heterocycles. The standard InChI is InChI=1S/C13H19N3O3/c1-10(17)15-12(13(18)19-3)9-16(2)8-11-6-4-5-7-14-11/h4-7,12H,8-9H2,1-3H3,(H,15,17). The Morgan fingerprint density at radius 3 is 2.74 bits per heavy atom. The third kappa shape index (κ3) is 5.48. The van der Waals surface area contributed by atoms with E-state index in [0.717, 1.165) is 5.69 Å². The highest BCUT2D eigenvalue weighted by atomic mass is 16.5. The van der Waals surface area contributed by atoms with Crippen LogP contribution in [0.25, 0.3) is 0 Å². The molecular weight excluding hydrogens is 246 g/mol. The van der Waals surface area contributed by atoms with Gasteiger partial charge in [0.05, 0.1) is 12.8 Å². The number of pyridine rings is 1. The highest BCUT2D eigenvalue weighted by Gasteiger charge is 2.21. The van der Waals surface area contributed by atoms with E-state index in [0.29, 0.717) is 13.1 Å².